The van der Waals surface area contributed by atoms with Crippen molar-refractivity contribution in [3.05, 3.63) is 24.4 Å². The lowest BCUT2D eigenvalue weighted by atomic mass is 10.1. The van der Waals surface area contributed by atoms with Crippen molar-refractivity contribution in [2.75, 3.05) is 13.2 Å². The van der Waals surface area contributed by atoms with Gasteiger partial charge in [-0.25, -0.2) is 13.9 Å². The van der Waals surface area contributed by atoms with Gasteiger partial charge in [-0.15, -0.1) is 0 Å². The lowest BCUT2D eigenvalue weighted by Crippen LogP contribution is -2.22. The van der Waals surface area contributed by atoms with Crippen molar-refractivity contribution >= 4 is 47.4 Å². The Labute approximate surface area is 127 Å². The van der Waals surface area contributed by atoms with Crippen LogP contribution >= 0.6 is 8.58 Å². The van der Waals surface area contributed by atoms with Crippen LogP contribution in [0.3, 0.4) is 0 Å². The highest BCUT2D eigenvalue weighted by Gasteiger charge is 2.10. The summed E-state index contributed by atoms with van der Waals surface area (Å²) in [7, 11) is -0.653. The third kappa shape index (κ3) is 3.56. The molecule has 0 saturated heterocycles. The summed E-state index contributed by atoms with van der Waals surface area (Å²) < 4.78 is 15.0. The highest BCUT2D eigenvalue weighted by molar-refractivity contribution is 7.83. The molecule has 1 heterocycles. The summed E-state index contributed by atoms with van der Waals surface area (Å²) in [5, 5.41) is 2.96. The van der Waals surface area contributed by atoms with Gasteiger partial charge in [-0.05, 0) is 29.5 Å². The molecule has 0 aliphatic heterocycles. The zero-order valence-corrected chi connectivity index (χ0v) is 13.7. The molecule has 1 aromatic heterocycles. The summed E-state index contributed by atoms with van der Waals surface area (Å²) in [6, 6.07) is 5.62. The first-order valence-corrected chi connectivity index (χ1v) is 9.07. The van der Waals surface area contributed by atoms with Crippen molar-refractivity contribution in [3.63, 3.8) is 0 Å². The van der Waals surface area contributed by atoms with E-state index in [-0.39, 0.29) is 5.96 Å². The summed E-state index contributed by atoms with van der Waals surface area (Å²) in [4.78, 5) is 9.03. The van der Waals surface area contributed by atoms with Gasteiger partial charge in [0.05, 0.1) is 4.90 Å². The Morgan fingerprint density at radius 1 is 1.43 bits per heavy atom. The second-order valence-corrected chi connectivity index (χ2v) is 6.59. The largest absolute Gasteiger partial charge is 0.370 e. The van der Waals surface area contributed by atoms with E-state index >= 15 is 0 Å². The SMILES string of the molecule is CCNS(=O)c1ccc2c(PC)cnc(N=C(N)N)c2c1. The van der Waals surface area contributed by atoms with Gasteiger partial charge in [0.15, 0.2) is 11.8 Å². The standard InChI is InChI=1S/C13H18N5OPS/c1-3-17-21(19)8-4-5-9-10(6-8)12(18-13(14)15)16-7-11(9)20-2/h4-7,17,20H,3H2,1-2H3,(H4,14,15,16,18). The van der Waals surface area contributed by atoms with Crippen molar-refractivity contribution in [3.8, 4) is 0 Å². The summed E-state index contributed by atoms with van der Waals surface area (Å²) in [6.07, 6.45) is 1.78. The van der Waals surface area contributed by atoms with Crippen LogP contribution in [0.2, 0.25) is 0 Å². The molecule has 0 aliphatic rings. The third-order valence-corrected chi connectivity index (χ3v) is 5.00. The van der Waals surface area contributed by atoms with E-state index in [4.69, 9.17) is 11.5 Å². The van der Waals surface area contributed by atoms with E-state index in [1.165, 1.54) is 0 Å². The summed E-state index contributed by atoms with van der Waals surface area (Å²) in [5.41, 5.74) is 10.9. The fourth-order valence-electron chi connectivity index (χ4n) is 1.95. The smallest absolute Gasteiger partial charge is 0.192 e. The maximum absolute atomic E-state index is 12.1. The molecule has 6 nitrogen and oxygen atoms in total. The number of rotatable bonds is 5. The van der Waals surface area contributed by atoms with Crippen LogP contribution in [0.25, 0.3) is 10.8 Å². The van der Waals surface area contributed by atoms with Gasteiger partial charge in [-0.2, -0.15) is 4.99 Å². The molecule has 0 bridgehead atoms. The Bertz CT molecular complexity index is 715. The third-order valence-electron chi connectivity index (χ3n) is 2.83. The maximum Gasteiger partial charge on any atom is 0.192 e. The summed E-state index contributed by atoms with van der Waals surface area (Å²) in [6.45, 7) is 4.61. The zero-order chi connectivity index (χ0) is 15.4. The highest BCUT2D eigenvalue weighted by Crippen LogP contribution is 2.27. The second kappa shape index (κ2) is 6.93. The molecule has 21 heavy (non-hydrogen) atoms. The maximum atomic E-state index is 12.1. The Morgan fingerprint density at radius 3 is 2.81 bits per heavy atom. The van der Waals surface area contributed by atoms with Gasteiger partial charge in [0.25, 0.3) is 0 Å². The van der Waals surface area contributed by atoms with Crippen LogP contribution in [0.15, 0.2) is 34.3 Å². The Hall–Kier alpha value is -1.56. The van der Waals surface area contributed by atoms with Crippen LogP contribution in [0.4, 0.5) is 5.82 Å². The molecule has 112 valence electrons. The van der Waals surface area contributed by atoms with E-state index in [9.17, 15) is 4.21 Å². The molecular weight excluding hydrogens is 305 g/mol. The molecule has 2 atom stereocenters. The molecular formula is C13H18N5OPS. The molecule has 5 N–H and O–H groups in total. The first-order chi connectivity index (χ1) is 10.1. The fourth-order valence-corrected chi connectivity index (χ4v) is 3.47. The van der Waals surface area contributed by atoms with Crippen LogP contribution in [0, 0.1) is 0 Å². The Kier molecular flexibility index (Phi) is 5.22. The second-order valence-electron chi connectivity index (χ2n) is 4.26. The zero-order valence-electron chi connectivity index (χ0n) is 11.9. The number of hydrogen-bond acceptors (Lipinski definition) is 3. The number of nitrogens with two attached hydrogens (primary N) is 2. The van der Waals surface area contributed by atoms with E-state index in [0.717, 1.165) is 16.1 Å². The van der Waals surface area contributed by atoms with Crippen molar-refractivity contribution < 1.29 is 4.21 Å². The van der Waals surface area contributed by atoms with Crippen molar-refractivity contribution in [1.82, 2.24) is 9.71 Å². The molecule has 8 heteroatoms. The quantitative estimate of drug-likeness (QED) is 0.428. The molecule has 2 aromatic rings. The molecule has 2 rings (SSSR count). The fraction of sp³-hybridized carbons (Fsp3) is 0.231. The van der Waals surface area contributed by atoms with Crippen molar-refractivity contribution in [2.24, 2.45) is 16.5 Å². The first-order valence-electron chi connectivity index (χ1n) is 6.42. The van der Waals surface area contributed by atoms with Crippen LogP contribution < -0.4 is 21.5 Å². The van der Waals surface area contributed by atoms with Crippen LogP contribution in [0.5, 0.6) is 0 Å². The first kappa shape index (κ1) is 15.8. The minimum atomic E-state index is -1.26. The molecule has 1 aromatic carbocycles. The van der Waals surface area contributed by atoms with E-state index in [1.807, 2.05) is 25.1 Å². The minimum absolute atomic E-state index is 0.0475. The number of aliphatic imine (C=N–C) groups is 1. The lowest BCUT2D eigenvalue weighted by molar-refractivity contribution is 0.674. The number of benzene rings is 1. The molecule has 2 unspecified atom stereocenters. The van der Waals surface area contributed by atoms with Crippen LogP contribution in [-0.2, 0) is 11.0 Å². The van der Waals surface area contributed by atoms with Gasteiger partial charge in [-0.3, -0.25) is 0 Å². The van der Waals surface area contributed by atoms with E-state index in [0.29, 0.717) is 25.8 Å². The predicted molar refractivity (Wildman–Crippen MR) is 91.2 cm³/mol. The monoisotopic (exact) mass is 323 g/mol. The van der Waals surface area contributed by atoms with Gasteiger partial charge in [0, 0.05) is 18.1 Å². The van der Waals surface area contributed by atoms with Gasteiger partial charge in [0.2, 0.25) is 0 Å². The number of nitrogens with one attached hydrogen (secondary N) is 1. The van der Waals surface area contributed by atoms with Gasteiger partial charge < -0.3 is 11.5 Å². The Morgan fingerprint density at radius 2 is 2.19 bits per heavy atom. The van der Waals surface area contributed by atoms with E-state index in [2.05, 4.69) is 21.4 Å². The number of guanidine groups is 1. The lowest BCUT2D eigenvalue weighted by Gasteiger charge is -2.09. The van der Waals surface area contributed by atoms with Gasteiger partial charge in [-0.1, -0.05) is 21.6 Å². The molecule has 0 aliphatic carbocycles. The summed E-state index contributed by atoms with van der Waals surface area (Å²) in [5.74, 6) is 0.399. The Balaban J connectivity index is 2.66. The van der Waals surface area contributed by atoms with E-state index in [1.54, 1.807) is 6.20 Å². The molecule has 0 fully saturated rings. The number of pyridine rings is 1. The van der Waals surface area contributed by atoms with Crippen molar-refractivity contribution in [2.45, 2.75) is 11.8 Å². The van der Waals surface area contributed by atoms with Gasteiger partial charge >= 0.3 is 0 Å². The molecule has 0 saturated carbocycles. The molecule has 0 amide bonds. The topological polar surface area (TPSA) is 106 Å². The van der Waals surface area contributed by atoms with E-state index < -0.39 is 11.0 Å². The number of hydrogen-bond donors (Lipinski definition) is 3. The normalized spacial score (nSPS) is 12.9. The minimum Gasteiger partial charge on any atom is -0.370 e. The number of nitrogens with zero attached hydrogens (tertiary/aromatic N) is 2. The number of aromatic nitrogens is 1. The van der Waals surface area contributed by atoms with Crippen LogP contribution in [-0.4, -0.2) is 28.4 Å². The average molecular weight is 323 g/mol. The van der Waals surface area contributed by atoms with Gasteiger partial charge in [0.1, 0.15) is 11.0 Å². The number of fused-ring (bicyclic) bond motifs is 1. The average Bonchev–Trinajstić information content (AvgIpc) is 2.47. The van der Waals surface area contributed by atoms with Crippen LogP contribution in [0.1, 0.15) is 6.92 Å². The summed E-state index contributed by atoms with van der Waals surface area (Å²) >= 11 is 0. The molecule has 0 spiro atoms. The molecule has 0 radical (unpaired) electrons. The highest BCUT2D eigenvalue weighted by atomic mass is 32.2. The van der Waals surface area contributed by atoms with Crippen molar-refractivity contribution in [1.29, 1.82) is 0 Å². The predicted octanol–water partition coefficient (Wildman–Crippen LogP) is 0.705.